The Balaban J connectivity index is 2.15. The summed E-state index contributed by atoms with van der Waals surface area (Å²) in [5, 5.41) is 13.7. The molecular weight excluding hydrogens is 208 g/mol. The standard InChI is InChI=1S/C11H12N2O3/c14-6-10(15)13-11(16)8-2-1-7-3-4-12-9(7)5-8/h1-2,5,12,14H,3-4,6H2,(H,13,15,16). The van der Waals surface area contributed by atoms with Gasteiger partial charge in [0.2, 0.25) is 0 Å². The van der Waals surface area contributed by atoms with Crippen molar-refractivity contribution in [1.82, 2.24) is 5.32 Å². The van der Waals surface area contributed by atoms with Gasteiger partial charge in [0.15, 0.2) is 0 Å². The van der Waals surface area contributed by atoms with E-state index in [1.165, 1.54) is 5.56 Å². The predicted octanol–water partition coefficient (Wildman–Crippen LogP) is -0.0967. The lowest BCUT2D eigenvalue weighted by Gasteiger charge is -2.04. The smallest absolute Gasteiger partial charge is 0.257 e. The third kappa shape index (κ3) is 2.04. The molecule has 2 rings (SSSR count). The lowest BCUT2D eigenvalue weighted by atomic mass is 10.1. The van der Waals surface area contributed by atoms with E-state index < -0.39 is 18.4 Å². The summed E-state index contributed by atoms with van der Waals surface area (Å²) in [6.07, 6.45) is 0.951. The van der Waals surface area contributed by atoms with E-state index >= 15 is 0 Å². The van der Waals surface area contributed by atoms with Crippen LogP contribution in [0.5, 0.6) is 0 Å². The lowest BCUT2D eigenvalue weighted by molar-refractivity contribution is -0.122. The minimum atomic E-state index is -0.696. The normalized spacial score (nSPS) is 12.8. The van der Waals surface area contributed by atoms with E-state index in [9.17, 15) is 9.59 Å². The first kappa shape index (κ1) is 10.6. The number of aliphatic hydroxyl groups excluding tert-OH is 1. The van der Waals surface area contributed by atoms with Gasteiger partial charge in [0, 0.05) is 17.8 Å². The number of carbonyl (C=O) groups excluding carboxylic acids is 2. The van der Waals surface area contributed by atoms with Crippen LogP contribution in [0.4, 0.5) is 5.69 Å². The zero-order valence-electron chi connectivity index (χ0n) is 8.62. The Kier molecular flexibility index (Phi) is 2.87. The molecule has 1 heterocycles. The van der Waals surface area contributed by atoms with Gasteiger partial charge >= 0.3 is 0 Å². The molecule has 0 saturated carbocycles. The van der Waals surface area contributed by atoms with E-state index in [0.717, 1.165) is 18.7 Å². The van der Waals surface area contributed by atoms with Crippen LogP contribution in [-0.4, -0.2) is 30.1 Å². The van der Waals surface area contributed by atoms with Gasteiger partial charge in [0.05, 0.1) is 0 Å². The predicted molar refractivity (Wildman–Crippen MR) is 58.2 cm³/mol. The van der Waals surface area contributed by atoms with Crippen LogP contribution < -0.4 is 10.6 Å². The van der Waals surface area contributed by atoms with E-state index in [2.05, 4.69) is 10.6 Å². The number of fused-ring (bicyclic) bond motifs is 1. The van der Waals surface area contributed by atoms with Crippen molar-refractivity contribution in [1.29, 1.82) is 0 Å². The molecule has 16 heavy (non-hydrogen) atoms. The Morgan fingerprint density at radius 1 is 1.44 bits per heavy atom. The largest absolute Gasteiger partial charge is 0.387 e. The number of benzene rings is 1. The Morgan fingerprint density at radius 2 is 2.25 bits per heavy atom. The van der Waals surface area contributed by atoms with Crippen molar-refractivity contribution < 1.29 is 14.7 Å². The average Bonchev–Trinajstić information content (AvgIpc) is 2.75. The molecule has 1 aromatic carbocycles. The highest BCUT2D eigenvalue weighted by molar-refractivity contribution is 6.05. The highest BCUT2D eigenvalue weighted by atomic mass is 16.3. The van der Waals surface area contributed by atoms with Crippen LogP contribution in [0.1, 0.15) is 15.9 Å². The number of anilines is 1. The summed E-state index contributed by atoms with van der Waals surface area (Å²) in [7, 11) is 0. The number of hydrogen-bond acceptors (Lipinski definition) is 4. The Morgan fingerprint density at radius 3 is 3.00 bits per heavy atom. The maximum atomic E-state index is 11.5. The molecule has 0 fully saturated rings. The van der Waals surface area contributed by atoms with Crippen LogP contribution in [0.2, 0.25) is 0 Å². The van der Waals surface area contributed by atoms with Crippen LogP contribution in [0.25, 0.3) is 0 Å². The molecular formula is C11H12N2O3. The molecule has 2 amide bonds. The van der Waals surface area contributed by atoms with Gasteiger partial charge in [-0.25, -0.2) is 0 Å². The highest BCUT2D eigenvalue weighted by Crippen LogP contribution is 2.22. The number of nitrogens with one attached hydrogen (secondary N) is 2. The van der Waals surface area contributed by atoms with Gasteiger partial charge in [0.1, 0.15) is 6.61 Å². The van der Waals surface area contributed by atoms with Crippen molar-refractivity contribution in [3.63, 3.8) is 0 Å². The maximum absolute atomic E-state index is 11.5. The minimum Gasteiger partial charge on any atom is -0.387 e. The summed E-state index contributed by atoms with van der Waals surface area (Å²) in [5.74, 6) is -1.19. The van der Waals surface area contributed by atoms with Gasteiger partial charge in [-0.3, -0.25) is 14.9 Å². The SMILES string of the molecule is O=C(CO)NC(=O)c1ccc2c(c1)NCC2. The lowest BCUT2D eigenvalue weighted by Crippen LogP contribution is -2.32. The van der Waals surface area contributed by atoms with Crippen molar-refractivity contribution in [2.45, 2.75) is 6.42 Å². The second-order valence-electron chi connectivity index (χ2n) is 3.58. The number of imide groups is 1. The van der Waals surface area contributed by atoms with Crippen LogP contribution in [0, 0.1) is 0 Å². The van der Waals surface area contributed by atoms with E-state index in [1.54, 1.807) is 12.1 Å². The van der Waals surface area contributed by atoms with E-state index in [-0.39, 0.29) is 0 Å². The minimum absolute atomic E-state index is 0.412. The first-order valence-electron chi connectivity index (χ1n) is 5.02. The number of aliphatic hydroxyl groups is 1. The average molecular weight is 220 g/mol. The zero-order valence-corrected chi connectivity index (χ0v) is 8.62. The highest BCUT2D eigenvalue weighted by Gasteiger charge is 2.14. The summed E-state index contributed by atoms with van der Waals surface area (Å²) in [4.78, 5) is 22.4. The monoisotopic (exact) mass is 220 g/mol. The summed E-state index contributed by atoms with van der Waals surface area (Å²) in [5.41, 5.74) is 2.52. The summed E-state index contributed by atoms with van der Waals surface area (Å²) in [6, 6.07) is 5.25. The van der Waals surface area contributed by atoms with Gasteiger partial charge in [-0.15, -0.1) is 0 Å². The van der Waals surface area contributed by atoms with Gasteiger partial charge < -0.3 is 10.4 Å². The fourth-order valence-corrected chi connectivity index (χ4v) is 1.67. The molecule has 0 atom stereocenters. The molecule has 0 aliphatic carbocycles. The third-order valence-corrected chi connectivity index (χ3v) is 2.48. The Labute approximate surface area is 92.5 Å². The van der Waals surface area contributed by atoms with Gasteiger partial charge in [-0.1, -0.05) is 6.07 Å². The number of rotatable bonds is 2. The molecule has 1 aromatic rings. The molecule has 5 nitrogen and oxygen atoms in total. The summed E-state index contributed by atoms with van der Waals surface area (Å²) in [6.45, 7) is 0.185. The van der Waals surface area contributed by atoms with Crippen molar-refractivity contribution in [2.24, 2.45) is 0 Å². The van der Waals surface area contributed by atoms with Crippen LogP contribution in [-0.2, 0) is 11.2 Å². The van der Waals surface area contributed by atoms with E-state index in [4.69, 9.17) is 5.11 Å². The van der Waals surface area contributed by atoms with Gasteiger partial charge in [-0.2, -0.15) is 0 Å². The first-order valence-corrected chi connectivity index (χ1v) is 5.02. The molecule has 1 aliphatic heterocycles. The fourth-order valence-electron chi connectivity index (χ4n) is 1.67. The Bertz CT molecular complexity index is 443. The van der Waals surface area contributed by atoms with Gasteiger partial charge in [-0.05, 0) is 24.1 Å². The second kappa shape index (κ2) is 4.32. The third-order valence-electron chi connectivity index (χ3n) is 2.48. The molecule has 0 radical (unpaired) electrons. The van der Waals surface area contributed by atoms with Crippen LogP contribution in [0.3, 0.4) is 0 Å². The second-order valence-corrected chi connectivity index (χ2v) is 3.58. The van der Waals surface area contributed by atoms with Crippen molar-refractivity contribution in [3.8, 4) is 0 Å². The molecule has 0 spiro atoms. The molecule has 84 valence electrons. The number of carbonyl (C=O) groups is 2. The van der Waals surface area contributed by atoms with Crippen molar-refractivity contribution >= 4 is 17.5 Å². The molecule has 3 N–H and O–H groups in total. The first-order chi connectivity index (χ1) is 7.70. The maximum Gasteiger partial charge on any atom is 0.257 e. The molecule has 0 bridgehead atoms. The van der Waals surface area contributed by atoms with E-state index in [1.807, 2.05) is 6.07 Å². The summed E-state index contributed by atoms with van der Waals surface area (Å²) < 4.78 is 0. The van der Waals surface area contributed by atoms with Gasteiger partial charge in [0.25, 0.3) is 11.8 Å². The molecule has 0 aromatic heterocycles. The number of hydrogen-bond donors (Lipinski definition) is 3. The molecule has 0 saturated heterocycles. The molecule has 0 unspecified atom stereocenters. The zero-order chi connectivity index (χ0) is 11.5. The fraction of sp³-hybridized carbons (Fsp3) is 0.273. The van der Waals surface area contributed by atoms with Crippen LogP contribution in [0.15, 0.2) is 18.2 Å². The van der Waals surface area contributed by atoms with Crippen molar-refractivity contribution in [3.05, 3.63) is 29.3 Å². The topological polar surface area (TPSA) is 78.4 Å². The molecule has 5 heteroatoms. The number of amides is 2. The quantitative estimate of drug-likeness (QED) is 0.650. The molecule has 1 aliphatic rings. The Hall–Kier alpha value is -1.88. The van der Waals surface area contributed by atoms with E-state index in [0.29, 0.717) is 5.56 Å². The summed E-state index contributed by atoms with van der Waals surface area (Å²) >= 11 is 0. The van der Waals surface area contributed by atoms with Crippen LogP contribution >= 0.6 is 0 Å². The van der Waals surface area contributed by atoms with Crippen molar-refractivity contribution in [2.75, 3.05) is 18.5 Å².